The van der Waals surface area contributed by atoms with E-state index in [0.29, 0.717) is 35.7 Å². The summed E-state index contributed by atoms with van der Waals surface area (Å²) in [6, 6.07) is 28.8. The van der Waals surface area contributed by atoms with Crippen molar-refractivity contribution in [3.63, 3.8) is 0 Å². The van der Waals surface area contributed by atoms with Gasteiger partial charge in [-0.15, -0.1) is 11.3 Å². The fourth-order valence-corrected chi connectivity index (χ4v) is 6.24. The normalized spacial score (nSPS) is 17.0. The molecule has 2 aliphatic rings. The summed E-state index contributed by atoms with van der Waals surface area (Å²) in [4.78, 5) is 45.3. The molecule has 218 valence electrons. The summed E-state index contributed by atoms with van der Waals surface area (Å²) in [5.41, 5.74) is 2.72. The van der Waals surface area contributed by atoms with Crippen molar-refractivity contribution < 1.29 is 19.1 Å². The maximum Gasteiger partial charge on any atom is 0.322 e. The molecule has 0 saturated carbocycles. The number of likely N-dealkylation sites (N-methyl/N-ethyl adjacent to an activating group) is 1. The van der Waals surface area contributed by atoms with Gasteiger partial charge in [0.2, 0.25) is 5.91 Å². The Balaban J connectivity index is 1.27. The summed E-state index contributed by atoms with van der Waals surface area (Å²) in [6.45, 7) is 0.626. The van der Waals surface area contributed by atoms with Gasteiger partial charge in [-0.2, -0.15) is 0 Å². The molecule has 0 radical (unpaired) electrons. The zero-order valence-corrected chi connectivity index (χ0v) is 24.6. The number of thiophene rings is 1. The quantitative estimate of drug-likeness (QED) is 0.261. The number of hydrogen-bond acceptors (Lipinski definition) is 5. The second-order valence-electron chi connectivity index (χ2n) is 10.5. The molecule has 2 atom stereocenters. The molecule has 2 aliphatic heterocycles. The van der Waals surface area contributed by atoms with Crippen LogP contribution in [-0.4, -0.2) is 53.8 Å². The summed E-state index contributed by atoms with van der Waals surface area (Å²) in [5, 5.41) is 8.06. The van der Waals surface area contributed by atoms with Crippen LogP contribution in [0, 0.1) is 0 Å². The summed E-state index contributed by atoms with van der Waals surface area (Å²) in [7, 11) is 1.65. The average molecular weight is 593 g/mol. The molecule has 4 aromatic rings. The number of rotatable bonds is 10. The highest BCUT2D eigenvalue weighted by Gasteiger charge is 2.46. The van der Waals surface area contributed by atoms with Gasteiger partial charge in [0, 0.05) is 24.9 Å². The highest BCUT2D eigenvalue weighted by atomic mass is 32.1. The molecule has 3 aromatic carbocycles. The standard InChI is InChI=1S/C34H32N4O4S/c1-37-29-22-38(28(20-23-10-4-2-5-11-23)32(39)35-18-17-27-16-9-19-43-27)33(40)30(29)31(36-34(37)41)24-12-8-15-26(21-24)42-25-13-6-3-7-14-25/h2-16,19,21,28,31H,17-18,20,22H2,1H3,(H,35,39)(H,36,41)/t28-,31-/m0/s1. The number of para-hydroxylation sites is 1. The maximum absolute atomic E-state index is 14.2. The van der Waals surface area contributed by atoms with Crippen LogP contribution in [0.3, 0.4) is 0 Å². The summed E-state index contributed by atoms with van der Waals surface area (Å²) in [6.07, 6.45) is 1.07. The molecule has 3 heterocycles. The van der Waals surface area contributed by atoms with Crippen molar-refractivity contribution in [3.8, 4) is 11.5 Å². The average Bonchev–Trinajstić information content (AvgIpc) is 3.67. The van der Waals surface area contributed by atoms with Crippen LogP contribution < -0.4 is 15.4 Å². The number of carbonyl (C=O) groups is 3. The van der Waals surface area contributed by atoms with Crippen LogP contribution in [0.5, 0.6) is 11.5 Å². The van der Waals surface area contributed by atoms with Crippen molar-refractivity contribution in [1.29, 1.82) is 0 Å². The monoisotopic (exact) mass is 592 g/mol. The van der Waals surface area contributed by atoms with E-state index in [4.69, 9.17) is 4.74 Å². The minimum absolute atomic E-state index is 0.157. The molecule has 0 aliphatic carbocycles. The molecule has 2 N–H and O–H groups in total. The molecular formula is C34H32N4O4S. The van der Waals surface area contributed by atoms with Crippen molar-refractivity contribution in [2.24, 2.45) is 0 Å². The highest BCUT2D eigenvalue weighted by molar-refractivity contribution is 7.09. The van der Waals surface area contributed by atoms with Gasteiger partial charge in [-0.25, -0.2) is 4.79 Å². The number of carbonyl (C=O) groups excluding carboxylic acids is 3. The third-order valence-corrected chi connectivity index (χ3v) is 8.70. The lowest BCUT2D eigenvalue weighted by Crippen LogP contribution is -2.50. The molecule has 0 fully saturated rings. The topological polar surface area (TPSA) is 91.0 Å². The number of ether oxygens (including phenoxy) is 1. The third kappa shape index (κ3) is 6.17. The highest BCUT2D eigenvalue weighted by Crippen LogP contribution is 2.38. The van der Waals surface area contributed by atoms with E-state index in [0.717, 1.165) is 17.5 Å². The number of nitrogens with one attached hydrogen (secondary N) is 2. The maximum atomic E-state index is 14.2. The van der Waals surface area contributed by atoms with E-state index < -0.39 is 12.1 Å². The van der Waals surface area contributed by atoms with Crippen molar-refractivity contribution in [1.82, 2.24) is 20.4 Å². The third-order valence-electron chi connectivity index (χ3n) is 7.76. The lowest BCUT2D eigenvalue weighted by atomic mass is 9.95. The molecule has 0 bridgehead atoms. The first-order valence-corrected chi connectivity index (χ1v) is 15.1. The number of amides is 4. The SMILES string of the molecule is CN1C(=O)N[C@@H](c2cccc(Oc3ccccc3)c2)C2=C1CN([C@@H](Cc1ccccc1)C(=O)NCCc1cccs1)C2=O. The Bertz CT molecular complexity index is 1640. The van der Waals surface area contributed by atoms with Gasteiger partial charge in [0.05, 0.1) is 23.9 Å². The van der Waals surface area contributed by atoms with Gasteiger partial charge in [-0.3, -0.25) is 14.5 Å². The van der Waals surface area contributed by atoms with E-state index in [1.165, 1.54) is 9.78 Å². The molecule has 43 heavy (non-hydrogen) atoms. The lowest BCUT2D eigenvalue weighted by Gasteiger charge is -2.31. The minimum atomic E-state index is -0.749. The number of urea groups is 1. The van der Waals surface area contributed by atoms with E-state index in [9.17, 15) is 14.4 Å². The predicted molar refractivity (Wildman–Crippen MR) is 166 cm³/mol. The molecule has 0 unspecified atom stereocenters. The van der Waals surface area contributed by atoms with Gasteiger partial charge in [-0.05, 0) is 53.3 Å². The van der Waals surface area contributed by atoms with Crippen LogP contribution in [0.1, 0.15) is 22.0 Å². The van der Waals surface area contributed by atoms with Crippen molar-refractivity contribution in [3.05, 3.63) is 130 Å². The summed E-state index contributed by atoms with van der Waals surface area (Å²) < 4.78 is 6.03. The first-order chi connectivity index (χ1) is 21.0. The summed E-state index contributed by atoms with van der Waals surface area (Å²) >= 11 is 1.65. The largest absolute Gasteiger partial charge is 0.457 e. The smallest absolute Gasteiger partial charge is 0.322 e. The predicted octanol–water partition coefficient (Wildman–Crippen LogP) is 5.30. The molecule has 8 nitrogen and oxygen atoms in total. The van der Waals surface area contributed by atoms with Gasteiger partial charge in [0.15, 0.2) is 0 Å². The second-order valence-corrected chi connectivity index (χ2v) is 11.6. The Kier molecular flexibility index (Phi) is 8.24. The van der Waals surface area contributed by atoms with Gasteiger partial charge < -0.3 is 20.3 Å². The molecule has 4 amide bonds. The van der Waals surface area contributed by atoms with Gasteiger partial charge in [-0.1, -0.05) is 66.7 Å². The molecule has 6 rings (SSSR count). The number of hydrogen-bond donors (Lipinski definition) is 2. The van der Waals surface area contributed by atoms with Crippen LogP contribution in [0.15, 0.2) is 114 Å². The Labute approximate surface area is 254 Å². The van der Waals surface area contributed by atoms with Crippen LogP contribution >= 0.6 is 11.3 Å². The zero-order chi connectivity index (χ0) is 29.8. The molecule has 0 saturated heterocycles. The van der Waals surface area contributed by atoms with Crippen LogP contribution in [0.2, 0.25) is 0 Å². The van der Waals surface area contributed by atoms with Crippen LogP contribution in [0.25, 0.3) is 0 Å². The van der Waals surface area contributed by atoms with Crippen LogP contribution in [0.4, 0.5) is 4.79 Å². The van der Waals surface area contributed by atoms with E-state index >= 15 is 0 Å². The number of benzene rings is 3. The first-order valence-electron chi connectivity index (χ1n) is 14.2. The molecule has 1 aromatic heterocycles. The van der Waals surface area contributed by atoms with Crippen molar-refractivity contribution in [2.45, 2.75) is 24.9 Å². The van der Waals surface area contributed by atoms with Gasteiger partial charge >= 0.3 is 6.03 Å². The number of nitrogens with zero attached hydrogens (tertiary/aromatic N) is 2. The fourth-order valence-electron chi connectivity index (χ4n) is 5.54. The molecule has 0 spiro atoms. The van der Waals surface area contributed by atoms with Crippen molar-refractivity contribution in [2.75, 3.05) is 20.1 Å². The second kappa shape index (κ2) is 12.5. The Hall–Kier alpha value is -4.89. The van der Waals surface area contributed by atoms with Crippen LogP contribution in [-0.2, 0) is 22.4 Å². The van der Waals surface area contributed by atoms with Gasteiger partial charge in [0.25, 0.3) is 5.91 Å². The van der Waals surface area contributed by atoms with Gasteiger partial charge in [0.1, 0.15) is 17.5 Å². The Morgan fingerprint density at radius 3 is 2.47 bits per heavy atom. The van der Waals surface area contributed by atoms with E-state index in [1.807, 2.05) is 102 Å². The summed E-state index contributed by atoms with van der Waals surface area (Å²) in [5.74, 6) is 0.790. The van der Waals surface area contributed by atoms with Crippen molar-refractivity contribution >= 4 is 29.2 Å². The molecule has 9 heteroatoms. The Morgan fingerprint density at radius 1 is 0.977 bits per heavy atom. The Morgan fingerprint density at radius 2 is 1.72 bits per heavy atom. The minimum Gasteiger partial charge on any atom is -0.457 e. The van der Waals surface area contributed by atoms with E-state index in [2.05, 4.69) is 10.6 Å². The fraction of sp³-hybridized carbons (Fsp3) is 0.206. The lowest BCUT2D eigenvalue weighted by molar-refractivity contribution is -0.136. The zero-order valence-electron chi connectivity index (χ0n) is 23.7. The van der Waals surface area contributed by atoms with E-state index in [1.54, 1.807) is 23.3 Å². The molecular weight excluding hydrogens is 560 g/mol. The van der Waals surface area contributed by atoms with E-state index in [-0.39, 0.29) is 24.4 Å². The first kappa shape index (κ1) is 28.2.